The summed E-state index contributed by atoms with van der Waals surface area (Å²) in [5, 5.41) is 9.85. The summed E-state index contributed by atoms with van der Waals surface area (Å²) >= 11 is 1.23. The molecule has 7 nitrogen and oxygen atoms in total. The lowest BCUT2D eigenvalue weighted by Gasteiger charge is -2.34. The predicted molar refractivity (Wildman–Crippen MR) is 91.3 cm³/mol. The third-order valence-electron chi connectivity index (χ3n) is 3.87. The topological polar surface area (TPSA) is 99.9 Å². The fraction of sp³-hybridized carbons (Fsp3) is 0.400. The molecule has 2 heterocycles. The van der Waals surface area contributed by atoms with Crippen LogP contribution in [0.15, 0.2) is 29.4 Å². The second-order valence-electron chi connectivity index (χ2n) is 5.57. The van der Waals surface area contributed by atoms with Crippen LogP contribution in [-0.2, 0) is 4.79 Å². The number of para-hydroxylation sites is 1. The molecule has 24 heavy (non-hydrogen) atoms. The van der Waals surface area contributed by atoms with Gasteiger partial charge in [-0.3, -0.25) is 4.79 Å². The number of benzene rings is 1. The monoisotopic (exact) mass is 350 g/mol. The van der Waals surface area contributed by atoms with Gasteiger partial charge in [0.05, 0.1) is 11.4 Å². The fourth-order valence-corrected chi connectivity index (χ4v) is 3.31. The largest absolute Gasteiger partial charge is 0.369 e. The van der Waals surface area contributed by atoms with Crippen LogP contribution >= 0.6 is 11.8 Å². The maximum absolute atomic E-state index is 13.8. The van der Waals surface area contributed by atoms with Crippen LogP contribution in [0, 0.1) is 5.82 Å². The van der Waals surface area contributed by atoms with Crippen LogP contribution in [0.5, 0.6) is 0 Å². The van der Waals surface area contributed by atoms with Crippen LogP contribution in [0.4, 0.5) is 16.0 Å². The minimum atomic E-state index is -0.206. The molecule has 3 rings (SSSR count). The zero-order chi connectivity index (χ0) is 16.9. The highest BCUT2D eigenvalue weighted by molar-refractivity contribution is 7.99. The molecule has 1 aliphatic heterocycles. The average Bonchev–Trinajstić information content (AvgIpc) is 3.00. The van der Waals surface area contributed by atoms with E-state index in [0.717, 1.165) is 25.9 Å². The standard InChI is InChI=1S/C15H19FN6OS/c16-11-3-1-2-4-12(11)22-7-5-10(6-8-22)18-13(23)9-24-15-19-14(17)20-21-15/h1-4,10H,5-9H2,(H,18,23)(H3,17,19,20,21). The van der Waals surface area contributed by atoms with Crippen LogP contribution in [0.25, 0.3) is 0 Å². The summed E-state index contributed by atoms with van der Waals surface area (Å²) in [5.41, 5.74) is 6.06. The molecule has 1 aromatic heterocycles. The van der Waals surface area contributed by atoms with E-state index in [9.17, 15) is 9.18 Å². The zero-order valence-corrected chi connectivity index (χ0v) is 13.9. The van der Waals surface area contributed by atoms with Crippen LogP contribution in [0.1, 0.15) is 12.8 Å². The first-order valence-electron chi connectivity index (χ1n) is 7.71. The first-order chi connectivity index (χ1) is 11.6. The Hall–Kier alpha value is -2.29. The minimum absolute atomic E-state index is 0.0623. The van der Waals surface area contributed by atoms with Crippen molar-refractivity contribution < 1.29 is 9.18 Å². The van der Waals surface area contributed by atoms with E-state index in [-0.39, 0.29) is 29.5 Å². The predicted octanol–water partition coefficient (Wildman–Crippen LogP) is 1.40. The second-order valence-corrected chi connectivity index (χ2v) is 6.51. The van der Waals surface area contributed by atoms with Gasteiger partial charge in [0.2, 0.25) is 17.0 Å². The minimum Gasteiger partial charge on any atom is -0.369 e. The van der Waals surface area contributed by atoms with Gasteiger partial charge in [-0.05, 0) is 25.0 Å². The number of nitrogens with two attached hydrogens (primary N) is 1. The number of thioether (sulfide) groups is 1. The molecule has 0 radical (unpaired) electrons. The highest BCUT2D eigenvalue weighted by Gasteiger charge is 2.22. The van der Waals surface area contributed by atoms with Gasteiger partial charge in [-0.1, -0.05) is 23.9 Å². The smallest absolute Gasteiger partial charge is 0.230 e. The molecule has 1 saturated heterocycles. The van der Waals surface area contributed by atoms with Crippen molar-refractivity contribution in [2.24, 2.45) is 0 Å². The Morgan fingerprint density at radius 1 is 1.42 bits per heavy atom. The van der Waals surface area contributed by atoms with Gasteiger partial charge in [0.25, 0.3) is 0 Å². The van der Waals surface area contributed by atoms with Gasteiger partial charge < -0.3 is 16.0 Å². The number of hydrogen-bond donors (Lipinski definition) is 3. The van der Waals surface area contributed by atoms with E-state index in [2.05, 4.69) is 20.5 Å². The molecule has 0 atom stereocenters. The Balaban J connectivity index is 1.43. The number of amides is 1. The van der Waals surface area contributed by atoms with Gasteiger partial charge in [0, 0.05) is 19.1 Å². The quantitative estimate of drug-likeness (QED) is 0.705. The van der Waals surface area contributed by atoms with Gasteiger partial charge in [0.1, 0.15) is 5.82 Å². The third kappa shape index (κ3) is 4.16. The van der Waals surface area contributed by atoms with Crippen LogP contribution in [0.2, 0.25) is 0 Å². The zero-order valence-electron chi connectivity index (χ0n) is 13.0. The van der Waals surface area contributed by atoms with Gasteiger partial charge >= 0.3 is 0 Å². The number of nitrogens with one attached hydrogen (secondary N) is 2. The molecule has 128 valence electrons. The molecule has 9 heteroatoms. The summed E-state index contributed by atoms with van der Waals surface area (Å²) in [5.74, 6) is 0.207. The molecule has 0 aliphatic carbocycles. The number of carbonyl (C=O) groups is 1. The number of anilines is 2. The van der Waals surface area contributed by atoms with E-state index >= 15 is 0 Å². The molecular weight excluding hydrogens is 331 g/mol. The first-order valence-corrected chi connectivity index (χ1v) is 8.70. The van der Waals surface area contributed by atoms with E-state index in [1.54, 1.807) is 12.1 Å². The van der Waals surface area contributed by atoms with Crippen molar-refractivity contribution in [1.82, 2.24) is 20.5 Å². The number of aromatic nitrogens is 3. The van der Waals surface area contributed by atoms with E-state index in [1.165, 1.54) is 17.8 Å². The van der Waals surface area contributed by atoms with Gasteiger partial charge in [0.15, 0.2) is 0 Å². The molecule has 1 amide bonds. The van der Waals surface area contributed by atoms with Crippen LogP contribution in [-0.4, -0.2) is 46.0 Å². The Bertz CT molecular complexity index is 701. The van der Waals surface area contributed by atoms with Crippen molar-refractivity contribution >= 4 is 29.3 Å². The molecular formula is C15H19FN6OS. The number of rotatable bonds is 5. The molecule has 0 saturated carbocycles. The van der Waals surface area contributed by atoms with Crippen molar-refractivity contribution in [1.29, 1.82) is 0 Å². The van der Waals surface area contributed by atoms with Crippen molar-refractivity contribution in [2.75, 3.05) is 29.5 Å². The number of piperidine rings is 1. The Morgan fingerprint density at radius 3 is 2.83 bits per heavy atom. The number of H-pyrrole nitrogens is 1. The SMILES string of the molecule is Nc1nc(SCC(=O)NC2CCN(c3ccccc3F)CC2)n[nH]1. The Labute approximate surface area is 143 Å². The summed E-state index contributed by atoms with van der Waals surface area (Å²) in [6, 6.07) is 6.88. The lowest BCUT2D eigenvalue weighted by molar-refractivity contribution is -0.119. The highest BCUT2D eigenvalue weighted by atomic mass is 32.2. The lowest BCUT2D eigenvalue weighted by atomic mass is 10.0. The number of nitrogens with zero attached hydrogens (tertiary/aromatic N) is 3. The van der Waals surface area contributed by atoms with E-state index in [4.69, 9.17) is 5.73 Å². The average molecular weight is 350 g/mol. The molecule has 0 unspecified atom stereocenters. The van der Waals surface area contributed by atoms with Crippen LogP contribution in [0.3, 0.4) is 0 Å². The third-order valence-corrected chi connectivity index (χ3v) is 4.72. The molecule has 1 aromatic carbocycles. The highest BCUT2D eigenvalue weighted by Crippen LogP contribution is 2.23. The van der Waals surface area contributed by atoms with Crippen LogP contribution < -0.4 is 16.0 Å². The van der Waals surface area contributed by atoms with Crippen molar-refractivity contribution in [2.45, 2.75) is 24.0 Å². The first kappa shape index (κ1) is 16.6. The number of halogens is 1. The molecule has 1 aliphatic rings. The van der Waals surface area contributed by atoms with Crippen molar-refractivity contribution in [3.05, 3.63) is 30.1 Å². The summed E-state index contributed by atoms with van der Waals surface area (Å²) in [6.07, 6.45) is 1.58. The van der Waals surface area contributed by atoms with Crippen molar-refractivity contribution in [3.63, 3.8) is 0 Å². The molecule has 2 aromatic rings. The van der Waals surface area contributed by atoms with Gasteiger partial charge in [-0.15, -0.1) is 5.10 Å². The van der Waals surface area contributed by atoms with E-state index in [0.29, 0.717) is 10.8 Å². The summed E-state index contributed by atoms with van der Waals surface area (Å²) in [6.45, 7) is 1.44. The molecule has 4 N–H and O–H groups in total. The van der Waals surface area contributed by atoms with Gasteiger partial charge in [-0.25, -0.2) is 9.49 Å². The molecule has 0 spiro atoms. The lowest BCUT2D eigenvalue weighted by Crippen LogP contribution is -2.45. The summed E-state index contributed by atoms with van der Waals surface area (Å²) in [4.78, 5) is 17.9. The van der Waals surface area contributed by atoms with E-state index in [1.807, 2.05) is 11.0 Å². The second kappa shape index (κ2) is 7.52. The molecule has 1 fully saturated rings. The maximum Gasteiger partial charge on any atom is 0.230 e. The fourth-order valence-electron chi connectivity index (χ4n) is 2.70. The number of carbonyl (C=O) groups excluding carboxylic acids is 1. The normalized spacial score (nSPS) is 15.5. The number of nitrogen functional groups attached to an aromatic ring is 1. The Morgan fingerprint density at radius 2 is 2.17 bits per heavy atom. The Kier molecular flexibility index (Phi) is 5.19. The van der Waals surface area contributed by atoms with E-state index < -0.39 is 0 Å². The summed E-state index contributed by atoms with van der Waals surface area (Å²) in [7, 11) is 0. The van der Waals surface area contributed by atoms with Crippen molar-refractivity contribution in [3.8, 4) is 0 Å². The number of hydrogen-bond acceptors (Lipinski definition) is 6. The number of aromatic amines is 1. The maximum atomic E-state index is 13.8. The summed E-state index contributed by atoms with van der Waals surface area (Å²) < 4.78 is 13.8. The molecule has 0 bridgehead atoms. The van der Waals surface area contributed by atoms with Gasteiger partial charge in [-0.2, -0.15) is 4.98 Å².